The number of aliphatic hydroxyl groups excluding tert-OH is 1. The molecule has 0 amide bonds. The Bertz CT molecular complexity index is 318. The SMILES string of the molecule is CN(CC(C)(C)C)c1ncccc1CO. The molecule has 0 spiro atoms. The minimum atomic E-state index is 0.0393. The van der Waals surface area contributed by atoms with Crippen molar-refractivity contribution in [3.05, 3.63) is 23.9 Å². The van der Waals surface area contributed by atoms with Gasteiger partial charge < -0.3 is 10.0 Å². The molecule has 0 saturated carbocycles. The maximum absolute atomic E-state index is 9.20. The van der Waals surface area contributed by atoms with E-state index in [9.17, 15) is 5.11 Å². The van der Waals surface area contributed by atoms with Crippen LogP contribution in [-0.4, -0.2) is 23.7 Å². The van der Waals surface area contributed by atoms with Gasteiger partial charge >= 0.3 is 0 Å². The molecular formula is C12H20N2O. The quantitative estimate of drug-likeness (QED) is 0.826. The molecule has 0 aliphatic heterocycles. The highest BCUT2D eigenvalue weighted by Crippen LogP contribution is 2.21. The van der Waals surface area contributed by atoms with Crippen molar-refractivity contribution in [2.75, 3.05) is 18.5 Å². The minimum absolute atomic E-state index is 0.0393. The summed E-state index contributed by atoms with van der Waals surface area (Å²) in [6.07, 6.45) is 1.76. The van der Waals surface area contributed by atoms with Crippen molar-refractivity contribution in [1.29, 1.82) is 0 Å². The van der Waals surface area contributed by atoms with Crippen LogP contribution in [0.2, 0.25) is 0 Å². The maximum Gasteiger partial charge on any atom is 0.133 e. The van der Waals surface area contributed by atoms with E-state index in [0.717, 1.165) is 17.9 Å². The molecule has 0 atom stereocenters. The second-order valence-corrected chi connectivity index (χ2v) is 5.06. The van der Waals surface area contributed by atoms with Gasteiger partial charge in [0.05, 0.1) is 6.61 Å². The standard InChI is InChI=1S/C12H20N2O/c1-12(2,3)9-14(4)11-10(8-15)6-5-7-13-11/h5-7,15H,8-9H2,1-4H3. The first-order chi connectivity index (χ1) is 6.94. The normalized spacial score (nSPS) is 11.5. The number of rotatable bonds is 3. The molecule has 0 fully saturated rings. The number of aromatic nitrogens is 1. The predicted molar refractivity (Wildman–Crippen MR) is 62.9 cm³/mol. The zero-order valence-corrected chi connectivity index (χ0v) is 9.99. The van der Waals surface area contributed by atoms with Gasteiger partial charge in [0, 0.05) is 25.4 Å². The highest BCUT2D eigenvalue weighted by molar-refractivity contribution is 5.45. The summed E-state index contributed by atoms with van der Waals surface area (Å²) in [7, 11) is 2.01. The Kier molecular flexibility index (Phi) is 3.69. The van der Waals surface area contributed by atoms with E-state index in [-0.39, 0.29) is 12.0 Å². The lowest BCUT2D eigenvalue weighted by molar-refractivity contribution is 0.281. The topological polar surface area (TPSA) is 36.4 Å². The zero-order chi connectivity index (χ0) is 11.5. The fourth-order valence-electron chi connectivity index (χ4n) is 1.68. The van der Waals surface area contributed by atoms with E-state index in [1.54, 1.807) is 6.20 Å². The monoisotopic (exact) mass is 208 g/mol. The zero-order valence-electron chi connectivity index (χ0n) is 9.99. The Morgan fingerprint density at radius 2 is 2.07 bits per heavy atom. The highest BCUT2D eigenvalue weighted by Gasteiger charge is 2.16. The summed E-state index contributed by atoms with van der Waals surface area (Å²) in [5, 5.41) is 9.20. The molecular weight excluding hydrogens is 188 g/mol. The molecule has 15 heavy (non-hydrogen) atoms. The van der Waals surface area contributed by atoms with Gasteiger partial charge in [-0.3, -0.25) is 0 Å². The van der Waals surface area contributed by atoms with Gasteiger partial charge in [-0.2, -0.15) is 0 Å². The Morgan fingerprint density at radius 1 is 1.40 bits per heavy atom. The predicted octanol–water partition coefficient (Wildman–Crippen LogP) is 2.06. The Morgan fingerprint density at radius 3 is 2.60 bits per heavy atom. The Labute approximate surface area is 91.8 Å². The smallest absolute Gasteiger partial charge is 0.133 e. The maximum atomic E-state index is 9.20. The number of nitrogens with zero attached hydrogens (tertiary/aromatic N) is 2. The largest absolute Gasteiger partial charge is 0.392 e. The summed E-state index contributed by atoms with van der Waals surface area (Å²) in [5.74, 6) is 0.870. The van der Waals surface area contributed by atoms with Crippen LogP contribution < -0.4 is 4.90 Å². The molecule has 1 heterocycles. The van der Waals surface area contributed by atoms with Crippen molar-refractivity contribution in [2.24, 2.45) is 5.41 Å². The van der Waals surface area contributed by atoms with Gasteiger partial charge in [-0.05, 0) is 11.5 Å². The molecule has 1 N–H and O–H groups in total. The fraction of sp³-hybridized carbons (Fsp3) is 0.583. The first kappa shape index (κ1) is 12.0. The average Bonchev–Trinajstić information content (AvgIpc) is 2.15. The van der Waals surface area contributed by atoms with Gasteiger partial charge in [0.1, 0.15) is 5.82 Å². The van der Waals surface area contributed by atoms with E-state index in [0.29, 0.717) is 0 Å². The molecule has 0 radical (unpaired) electrons. The molecule has 1 aromatic heterocycles. The molecule has 0 saturated heterocycles. The molecule has 0 aliphatic carbocycles. The van der Waals surface area contributed by atoms with Gasteiger partial charge in [0.15, 0.2) is 0 Å². The van der Waals surface area contributed by atoms with Crippen LogP contribution in [0, 0.1) is 5.41 Å². The van der Waals surface area contributed by atoms with E-state index in [2.05, 4.69) is 30.7 Å². The van der Waals surface area contributed by atoms with E-state index < -0.39 is 0 Å². The van der Waals surface area contributed by atoms with Crippen molar-refractivity contribution in [2.45, 2.75) is 27.4 Å². The van der Waals surface area contributed by atoms with Crippen LogP contribution in [0.25, 0.3) is 0 Å². The van der Waals surface area contributed by atoms with E-state index >= 15 is 0 Å². The minimum Gasteiger partial charge on any atom is -0.392 e. The first-order valence-corrected chi connectivity index (χ1v) is 5.20. The van der Waals surface area contributed by atoms with Crippen LogP contribution in [0.3, 0.4) is 0 Å². The average molecular weight is 208 g/mol. The molecule has 0 aliphatic rings. The van der Waals surface area contributed by atoms with Crippen molar-refractivity contribution in [3.8, 4) is 0 Å². The third-order valence-electron chi connectivity index (χ3n) is 2.11. The van der Waals surface area contributed by atoms with E-state index in [4.69, 9.17) is 0 Å². The second kappa shape index (κ2) is 4.62. The van der Waals surface area contributed by atoms with Gasteiger partial charge in [-0.1, -0.05) is 26.8 Å². The summed E-state index contributed by atoms with van der Waals surface area (Å²) in [4.78, 5) is 6.39. The fourth-order valence-corrected chi connectivity index (χ4v) is 1.68. The Hall–Kier alpha value is -1.09. The molecule has 0 aromatic carbocycles. The van der Waals surface area contributed by atoms with E-state index in [1.807, 2.05) is 19.2 Å². The summed E-state index contributed by atoms with van der Waals surface area (Å²) >= 11 is 0. The van der Waals surface area contributed by atoms with Crippen molar-refractivity contribution in [1.82, 2.24) is 4.98 Å². The highest BCUT2D eigenvalue weighted by atomic mass is 16.3. The van der Waals surface area contributed by atoms with Crippen LogP contribution in [-0.2, 0) is 6.61 Å². The Balaban J connectivity index is 2.86. The van der Waals surface area contributed by atoms with Crippen molar-refractivity contribution in [3.63, 3.8) is 0 Å². The number of aliphatic hydroxyl groups is 1. The van der Waals surface area contributed by atoms with Crippen LogP contribution in [0.5, 0.6) is 0 Å². The summed E-state index contributed by atoms with van der Waals surface area (Å²) in [6.45, 7) is 7.51. The van der Waals surface area contributed by atoms with Gasteiger partial charge in [0.2, 0.25) is 0 Å². The summed E-state index contributed by atoms with van der Waals surface area (Å²) in [5.41, 5.74) is 1.10. The number of pyridine rings is 1. The third-order valence-corrected chi connectivity index (χ3v) is 2.11. The molecule has 1 aromatic rings. The van der Waals surface area contributed by atoms with Crippen molar-refractivity contribution >= 4 is 5.82 Å². The number of hydrogen-bond donors (Lipinski definition) is 1. The van der Waals surface area contributed by atoms with Crippen LogP contribution >= 0.6 is 0 Å². The molecule has 84 valence electrons. The van der Waals surface area contributed by atoms with Crippen molar-refractivity contribution < 1.29 is 5.11 Å². The molecule has 1 rings (SSSR count). The lowest BCUT2D eigenvalue weighted by Crippen LogP contribution is -2.30. The lowest BCUT2D eigenvalue weighted by Gasteiger charge is -2.28. The van der Waals surface area contributed by atoms with Crippen LogP contribution in [0.1, 0.15) is 26.3 Å². The third kappa shape index (κ3) is 3.51. The van der Waals surface area contributed by atoms with E-state index in [1.165, 1.54) is 0 Å². The van der Waals surface area contributed by atoms with Gasteiger partial charge in [0.25, 0.3) is 0 Å². The molecule has 3 heteroatoms. The molecule has 0 bridgehead atoms. The first-order valence-electron chi connectivity index (χ1n) is 5.20. The van der Waals surface area contributed by atoms with Gasteiger partial charge in [-0.15, -0.1) is 0 Å². The molecule has 0 unspecified atom stereocenters. The summed E-state index contributed by atoms with van der Waals surface area (Å²) in [6, 6.07) is 3.75. The number of hydrogen-bond acceptors (Lipinski definition) is 3. The van der Waals surface area contributed by atoms with Gasteiger partial charge in [-0.25, -0.2) is 4.98 Å². The second-order valence-electron chi connectivity index (χ2n) is 5.06. The number of anilines is 1. The lowest BCUT2D eigenvalue weighted by atomic mass is 9.96. The van der Waals surface area contributed by atoms with Crippen LogP contribution in [0.15, 0.2) is 18.3 Å². The molecule has 3 nitrogen and oxygen atoms in total. The summed E-state index contributed by atoms with van der Waals surface area (Å²) < 4.78 is 0. The van der Waals surface area contributed by atoms with Crippen LogP contribution in [0.4, 0.5) is 5.82 Å².